The zero-order valence-corrected chi connectivity index (χ0v) is 11.1. The molecule has 2 aromatic carbocycles. The van der Waals surface area contributed by atoms with E-state index in [0.29, 0.717) is 0 Å². The summed E-state index contributed by atoms with van der Waals surface area (Å²) in [5, 5.41) is 4.80. The number of fused-ring (bicyclic) bond motifs is 2. The molecule has 0 spiro atoms. The van der Waals surface area contributed by atoms with E-state index in [2.05, 4.69) is 53.9 Å². The van der Waals surface area contributed by atoms with E-state index in [1.807, 2.05) is 17.4 Å². The fraction of sp³-hybridized carbons (Fsp3) is 0. The number of benzene rings is 2. The summed E-state index contributed by atoms with van der Waals surface area (Å²) in [6, 6.07) is 20.3. The van der Waals surface area contributed by atoms with Crippen molar-refractivity contribution in [2.45, 2.75) is 0 Å². The van der Waals surface area contributed by atoms with Gasteiger partial charge in [-0.25, -0.2) is 0 Å². The summed E-state index contributed by atoms with van der Waals surface area (Å²) in [6.07, 6.45) is 0. The van der Waals surface area contributed by atoms with Gasteiger partial charge in [0.2, 0.25) is 0 Å². The molecule has 0 aliphatic heterocycles. The second kappa shape index (κ2) is 3.94. The minimum atomic E-state index is 1.28. The van der Waals surface area contributed by atoms with Crippen LogP contribution in [0, 0.1) is 6.07 Å². The molecule has 4 aromatic rings. The lowest BCUT2D eigenvalue weighted by Gasteiger charge is -1.99. The third-order valence-electron chi connectivity index (χ3n) is 3.12. The maximum Gasteiger partial charge on any atom is 0.0361 e. The van der Waals surface area contributed by atoms with Crippen molar-refractivity contribution in [1.82, 2.24) is 0 Å². The van der Waals surface area contributed by atoms with Crippen LogP contribution >= 0.6 is 22.7 Å². The van der Waals surface area contributed by atoms with Gasteiger partial charge in [-0.2, -0.15) is 0 Å². The van der Waals surface area contributed by atoms with Gasteiger partial charge in [-0.3, -0.25) is 0 Å². The molecule has 2 heteroatoms. The van der Waals surface area contributed by atoms with E-state index in [0.717, 1.165) is 0 Å². The number of hydrogen-bond donors (Lipinski definition) is 0. The summed E-state index contributed by atoms with van der Waals surface area (Å²) in [5.74, 6) is 0. The van der Waals surface area contributed by atoms with Crippen molar-refractivity contribution in [2.24, 2.45) is 0 Å². The van der Waals surface area contributed by atoms with Gasteiger partial charge in [0.25, 0.3) is 0 Å². The summed E-state index contributed by atoms with van der Waals surface area (Å²) in [5.41, 5.74) is 1.34. The van der Waals surface area contributed by atoms with Gasteiger partial charge in [-0.15, -0.1) is 22.7 Å². The third-order valence-corrected chi connectivity index (χ3v) is 5.15. The Labute approximate surface area is 113 Å². The van der Waals surface area contributed by atoms with Crippen molar-refractivity contribution >= 4 is 42.8 Å². The molecule has 0 aliphatic carbocycles. The van der Waals surface area contributed by atoms with E-state index in [9.17, 15) is 0 Å². The molecule has 2 aromatic heterocycles. The van der Waals surface area contributed by atoms with E-state index in [-0.39, 0.29) is 0 Å². The zero-order chi connectivity index (χ0) is 11.9. The van der Waals surface area contributed by atoms with Crippen molar-refractivity contribution in [2.75, 3.05) is 0 Å². The molecule has 0 bridgehead atoms. The SMILES string of the molecule is [c]1ccc2sc(-c3cccc4sccc34)cc2c1. The van der Waals surface area contributed by atoms with Crippen LogP contribution in [-0.2, 0) is 0 Å². The topological polar surface area (TPSA) is 0 Å². The average Bonchev–Trinajstić information content (AvgIpc) is 3.04. The van der Waals surface area contributed by atoms with Crippen LogP contribution in [-0.4, -0.2) is 0 Å². The van der Waals surface area contributed by atoms with E-state index in [1.165, 1.54) is 30.6 Å². The first kappa shape index (κ1) is 10.3. The Balaban J connectivity index is 2.04. The third kappa shape index (κ3) is 1.50. The predicted octanol–water partition coefficient (Wildman–Crippen LogP) is 5.58. The summed E-state index contributed by atoms with van der Waals surface area (Å²) in [4.78, 5) is 1.34. The fourth-order valence-corrected chi connectivity index (χ4v) is 4.16. The van der Waals surface area contributed by atoms with Crippen LogP contribution in [0.15, 0.2) is 53.9 Å². The van der Waals surface area contributed by atoms with Gasteiger partial charge in [-0.1, -0.05) is 18.2 Å². The Bertz CT molecular complexity index is 803. The van der Waals surface area contributed by atoms with Crippen LogP contribution in [0.3, 0.4) is 0 Å². The van der Waals surface area contributed by atoms with Crippen molar-refractivity contribution < 1.29 is 0 Å². The van der Waals surface area contributed by atoms with Gasteiger partial charge in [0.1, 0.15) is 0 Å². The normalized spacial score (nSPS) is 11.3. The molecule has 0 N–H and O–H groups in total. The summed E-state index contributed by atoms with van der Waals surface area (Å²) in [6.45, 7) is 0. The summed E-state index contributed by atoms with van der Waals surface area (Å²) < 4.78 is 2.69. The Morgan fingerprint density at radius 2 is 2.00 bits per heavy atom. The Kier molecular flexibility index (Phi) is 2.25. The molecular weight excluding hydrogens is 256 g/mol. The van der Waals surface area contributed by atoms with Gasteiger partial charge in [0.15, 0.2) is 0 Å². The Morgan fingerprint density at radius 3 is 2.94 bits per heavy atom. The predicted molar refractivity (Wildman–Crippen MR) is 81.5 cm³/mol. The van der Waals surface area contributed by atoms with E-state index < -0.39 is 0 Å². The highest BCUT2D eigenvalue weighted by atomic mass is 32.1. The summed E-state index contributed by atoms with van der Waals surface area (Å²) >= 11 is 3.65. The minimum Gasteiger partial charge on any atom is -0.144 e. The van der Waals surface area contributed by atoms with Crippen LogP contribution in [0.2, 0.25) is 0 Å². The standard InChI is InChI=1S/C16H9S2/c1-2-6-14-11(4-1)10-16(18-14)12-5-3-7-15-13(12)8-9-17-15/h2-10H. The molecule has 1 radical (unpaired) electrons. The van der Waals surface area contributed by atoms with Crippen molar-refractivity contribution in [3.8, 4) is 10.4 Å². The lowest BCUT2D eigenvalue weighted by Crippen LogP contribution is -1.72. The molecule has 0 amide bonds. The molecule has 0 unspecified atom stereocenters. The van der Waals surface area contributed by atoms with Crippen LogP contribution in [0.25, 0.3) is 30.6 Å². The number of thiophene rings is 2. The quantitative estimate of drug-likeness (QED) is 0.421. The van der Waals surface area contributed by atoms with E-state index in [1.54, 1.807) is 11.3 Å². The molecule has 85 valence electrons. The largest absolute Gasteiger partial charge is 0.144 e. The molecule has 0 aliphatic rings. The number of hydrogen-bond acceptors (Lipinski definition) is 2. The van der Waals surface area contributed by atoms with Crippen LogP contribution in [0.4, 0.5) is 0 Å². The molecule has 0 saturated carbocycles. The monoisotopic (exact) mass is 265 g/mol. The van der Waals surface area contributed by atoms with E-state index in [4.69, 9.17) is 0 Å². The smallest absolute Gasteiger partial charge is 0.0361 e. The highest BCUT2D eigenvalue weighted by molar-refractivity contribution is 7.22. The van der Waals surface area contributed by atoms with Crippen molar-refractivity contribution in [3.63, 3.8) is 0 Å². The van der Waals surface area contributed by atoms with Gasteiger partial charge in [-0.05, 0) is 47.2 Å². The highest BCUT2D eigenvalue weighted by Gasteiger charge is 2.07. The van der Waals surface area contributed by atoms with Crippen molar-refractivity contribution in [3.05, 3.63) is 60.0 Å². The maximum atomic E-state index is 3.14. The van der Waals surface area contributed by atoms with Gasteiger partial charge in [0.05, 0.1) is 0 Å². The lowest BCUT2D eigenvalue weighted by atomic mass is 10.1. The zero-order valence-electron chi connectivity index (χ0n) is 9.51. The molecular formula is C16H9S2. The first-order valence-electron chi connectivity index (χ1n) is 5.78. The van der Waals surface area contributed by atoms with Crippen LogP contribution < -0.4 is 0 Å². The second-order valence-corrected chi connectivity index (χ2v) is 6.24. The fourth-order valence-electron chi connectivity index (χ4n) is 2.27. The Hall–Kier alpha value is -1.64. The van der Waals surface area contributed by atoms with Crippen LogP contribution in [0.5, 0.6) is 0 Å². The molecule has 4 rings (SSSR count). The maximum absolute atomic E-state index is 3.14. The van der Waals surface area contributed by atoms with Gasteiger partial charge in [0, 0.05) is 25.2 Å². The Morgan fingerprint density at radius 1 is 1.00 bits per heavy atom. The highest BCUT2D eigenvalue weighted by Crippen LogP contribution is 2.38. The van der Waals surface area contributed by atoms with Crippen molar-refractivity contribution in [1.29, 1.82) is 0 Å². The second-order valence-electron chi connectivity index (χ2n) is 4.21. The molecule has 0 fully saturated rings. The first-order valence-corrected chi connectivity index (χ1v) is 7.48. The summed E-state index contributed by atoms with van der Waals surface area (Å²) in [7, 11) is 0. The van der Waals surface area contributed by atoms with Crippen LogP contribution in [0.1, 0.15) is 0 Å². The molecule has 0 atom stereocenters. The lowest BCUT2D eigenvalue weighted by molar-refractivity contribution is 1.80. The van der Waals surface area contributed by atoms with E-state index >= 15 is 0 Å². The molecule has 0 nitrogen and oxygen atoms in total. The first-order chi connectivity index (χ1) is 8.92. The molecule has 18 heavy (non-hydrogen) atoms. The number of rotatable bonds is 1. The molecule has 0 saturated heterocycles. The van der Waals surface area contributed by atoms with Gasteiger partial charge >= 0.3 is 0 Å². The average molecular weight is 265 g/mol. The minimum absolute atomic E-state index is 1.28. The van der Waals surface area contributed by atoms with Gasteiger partial charge < -0.3 is 0 Å². The molecule has 2 heterocycles.